The molecule has 0 aliphatic carbocycles. The number of amides is 1. The van der Waals surface area contributed by atoms with Gasteiger partial charge in [-0.2, -0.15) is 0 Å². The third-order valence-electron chi connectivity index (χ3n) is 4.20. The zero-order chi connectivity index (χ0) is 17.1. The molecule has 7 heteroatoms. The zero-order valence-electron chi connectivity index (χ0n) is 13.3. The molecule has 1 aliphatic heterocycles. The molecule has 1 aromatic heterocycles. The van der Waals surface area contributed by atoms with Gasteiger partial charge in [-0.05, 0) is 37.4 Å². The smallest absolute Gasteiger partial charge is 0.262 e. The van der Waals surface area contributed by atoms with Crippen molar-refractivity contribution < 1.29 is 13.6 Å². The van der Waals surface area contributed by atoms with Crippen molar-refractivity contribution in [2.45, 2.75) is 38.3 Å². The van der Waals surface area contributed by atoms with Gasteiger partial charge < -0.3 is 10.6 Å². The summed E-state index contributed by atoms with van der Waals surface area (Å²) in [6.07, 6.45) is -1.09. The second-order valence-electron chi connectivity index (χ2n) is 5.86. The SMILES string of the molecule is Cc1ncsc1-c1ccc(C(NC(=O)C2CCCN2)C(F)F)cc1. The average Bonchev–Trinajstić information content (AvgIpc) is 3.24. The van der Waals surface area contributed by atoms with Crippen molar-refractivity contribution in [3.63, 3.8) is 0 Å². The topological polar surface area (TPSA) is 54.0 Å². The summed E-state index contributed by atoms with van der Waals surface area (Å²) in [7, 11) is 0. The van der Waals surface area contributed by atoms with Crippen molar-refractivity contribution in [3.8, 4) is 10.4 Å². The summed E-state index contributed by atoms with van der Waals surface area (Å²) in [5.41, 5.74) is 4.02. The quantitative estimate of drug-likeness (QED) is 0.869. The van der Waals surface area contributed by atoms with Gasteiger partial charge in [0.1, 0.15) is 6.04 Å². The largest absolute Gasteiger partial charge is 0.342 e. The van der Waals surface area contributed by atoms with E-state index in [0.29, 0.717) is 12.0 Å². The maximum absolute atomic E-state index is 13.4. The van der Waals surface area contributed by atoms with Crippen LogP contribution in [0.25, 0.3) is 10.4 Å². The van der Waals surface area contributed by atoms with Crippen LogP contribution in [-0.4, -0.2) is 29.9 Å². The lowest BCUT2D eigenvalue weighted by atomic mass is 10.0. The van der Waals surface area contributed by atoms with Crippen LogP contribution in [-0.2, 0) is 4.79 Å². The normalized spacial score (nSPS) is 18.8. The maximum atomic E-state index is 13.4. The van der Waals surface area contributed by atoms with Crippen molar-refractivity contribution in [2.24, 2.45) is 0 Å². The van der Waals surface area contributed by atoms with Crippen LogP contribution in [0.1, 0.15) is 30.1 Å². The van der Waals surface area contributed by atoms with Gasteiger partial charge in [-0.1, -0.05) is 24.3 Å². The standard InChI is InChI=1S/C17H19F2N3OS/c1-10-15(24-9-21-10)12-6-4-11(5-7-12)14(16(18)19)22-17(23)13-3-2-8-20-13/h4-7,9,13-14,16,20H,2-3,8H2,1H3,(H,22,23). The first-order valence-corrected chi connectivity index (χ1v) is 8.76. The molecule has 0 bridgehead atoms. The van der Waals surface area contributed by atoms with E-state index in [1.165, 1.54) is 11.3 Å². The van der Waals surface area contributed by atoms with Gasteiger partial charge in [-0.3, -0.25) is 4.79 Å². The maximum Gasteiger partial charge on any atom is 0.262 e. The van der Waals surface area contributed by atoms with Crippen LogP contribution in [0.3, 0.4) is 0 Å². The van der Waals surface area contributed by atoms with E-state index in [4.69, 9.17) is 0 Å². The van der Waals surface area contributed by atoms with Crippen LogP contribution >= 0.6 is 11.3 Å². The number of nitrogens with zero attached hydrogens (tertiary/aromatic N) is 1. The van der Waals surface area contributed by atoms with E-state index in [1.807, 2.05) is 6.92 Å². The third-order valence-corrected chi connectivity index (χ3v) is 5.18. The van der Waals surface area contributed by atoms with Gasteiger partial charge >= 0.3 is 0 Å². The summed E-state index contributed by atoms with van der Waals surface area (Å²) < 4.78 is 26.9. The van der Waals surface area contributed by atoms with Crippen LogP contribution < -0.4 is 10.6 Å². The van der Waals surface area contributed by atoms with E-state index in [-0.39, 0.29) is 11.9 Å². The van der Waals surface area contributed by atoms with Crippen molar-refractivity contribution in [3.05, 3.63) is 41.0 Å². The predicted octanol–water partition coefficient (Wildman–Crippen LogP) is 3.29. The summed E-state index contributed by atoms with van der Waals surface area (Å²) in [5, 5.41) is 5.50. The van der Waals surface area contributed by atoms with Gasteiger partial charge in [0.05, 0.1) is 22.1 Å². The first-order valence-electron chi connectivity index (χ1n) is 7.88. The van der Waals surface area contributed by atoms with Gasteiger partial charge in [-0.15, -0.1) is 11.3 Å². The molecule has 0 saturated carbocycles. The molecule has 1 saturated heterocycles. The molecule has 1 aliphatic rings. The van der Waals surface area contributed by atoms with E-state index in [9.17, 15) is 13.6 Å². The number of benzene rings is 1. The second-order valence-corrected chi connectivity index (χ2v) is 6.71. The fourth-order valence-electron chi connectivity index (χ4n) is 2.87. The highest BCUT2D eigenvalue weighted by molar-refractivity contribution is 7.13. The van der Waals surface area contributed by atoms with E-state index in [0.717, 1.165) is 29.1 Å². The molecule has 24 heavy (non-hydrogen) atoms. The number of aryl methyl sites for hydroxylation is 1. The number of halogens is 2. The van der Waals surface area contributed by atoms with Gasteiger partial charge in [0, 0.05) is 0 Å². The highest BCUT2D eigenvalue weighted by atomic mass is 32.1. The summed E-state index contributed by atoms with van der Waals surface area (Å²) in [6.45, 7) is 2.66. The van der Waals surface area contributed by atoms with Crippen molar-refractivity contribution in [2.75, 3.05) is 6.54 Å². The van der Waals surface area contributed by atoms with E-state index >= 15 is 0 Å². The number of hydrogen-bond donors (Lipinski definition) is 2. The zero-order valence-corrected chi connectivity index (χ0v) is 14.1. The Balaban J connectivity index is 1.76. The van der Waals surface area contributed by atoms with Gasteiger partial charge in [-0.25, -0.2) is 13.8 Å². The predicted molar refractivity (Wildman–Crippen MR) is 90.2 cm³/mol. The molecular weight excluding hydrogens is 332 g/mol. The molecule has 128 valence electrons. The molecule has 1 aromatic carbocycles. The summed E-state index contributed by atoms with van der Waals surface area (Å²) in [6, 6.07) is 5.22. The Bertz CT molecular complexity index is 696. The summed E-state index contributed by atoms with van der Waals surface area (Å²) in [5.74, 6) is -0.361. The van der Waals surface area contributed by atoms with Crippen molar-refractivity contribution in [1.29, 1.82) is 0 Å². The van der Waals surface area contributed by atoms with Crippen LogP contribution in [0.5, 0.6) is 0 Å². The second kappa shape index (κ2) is 7.36. The molecule has 4 nitrogen and oxygen atoms in total. The molecule has 2 unspecified atom stereocenters. The number of nitrogens with one attached hydrogen (secondary N) is 2. The first kappa shape index (κ1) is 17.0. The summed E-state index contributed by atoms with van der Waals surface area (Å²) in [4.78, 5) is 17.3. The van der Waals surface area contributed by atoms with E-state index < -0.39 is 12.5 Å². The lowest BCUT2D eigenvalue weighted by molar-refractivity contribution is -0.124. The van der Waals surface area contributed by atoms with Crippen LogP contribution in [0, 0.1) is 6.92 Å². The molecule has 0 spiro atoms. The molecule has 2 heterocycles. The van der Waals surface area contributed by atoms with Crippen LogP contribution in [0.4, 0.5) is 8.78 Å². The molecule has 1 amide bonds. The number of aromatic nitrogens is 1. The molecular formula is C17H19F2N3OS. The van der Waals surface area contributed by atoms with Crippen molar-refractivity contribution in [1.82, 2.24) is 15.6 Å². The Kier molecular flexibility index (Phi) is 5.20. The number of carbonyl (C=O) groups excluding carboxylic acids is 1. The Morgan fingerprint density at radius 3 is 2.67 bits per heavy atom. The lowest BCUT2D eigenvalue weighted by Crippen LogP contribution is -2.43. The lowest BCUT2D eigenvalue weighted by Gasteiger charge is -2.21. The number of thiazole rings is 1. The average molecular weight is 351 g/mol. The fraction of sp³-hybridized carbons (Fsp3) is 0.412. The number of alkyl halides is 2. The Labute approximate surface area is 143 Å². The minimum absolute atomic E-state index is 0.361. The molecule has 3 rings (SSSR count). The Morgan fingerprint density at radius 2 is 2.12 bits per heavy atom. The minimum Gasteiger partial charge on any atom is -0.342 e. The molecule has 0 radical (unpaired) electrons. The fourth-order valence-corrected chi connectivity index (χ4v) is 3.69. The highest BCUT2D eigenvalue weighted by Crippen LogP contribution is 2.29. The van der Waals surface area contributed by atoms with E-state index in [2.05, 4.69) is 15.6 Å². The molecule has 2 N–H and O–H groups in total. The molecule has 1 fully saturated rings. The number of carbonyl (C=O) groups is 1. The minimum atomic E-state index is -2.66. The number of hydrogen-bond acceptors (Lipinski definition) is 4. The van der Waals surface area contributed by atoms with Crippen LogP contribution in [0.15, 0.2) is 29.8 Å². The third kappa shape index (κ3) is 3.62. The van der Waals surface area contributed by atoms with Gasteiger partial charge in [0.15, 0.2) is 0 Å². The van der Waals surface area contributed by atoms with Gasteiger partial charge in [0.2, 0.25) is 5.91 Å². The Hall–Kier alpha value is -1.86. The first-order chi connectivity index (χ1) is 11.6. The molecule has 2 atom stereocenters. The van der Waals surface area contributed by atoms with Gasteiger partial charge in [0.25, 0.3) is 6.43 Å². The highest BCUT2D eigenvalue weighted by Gasteiger charge is 2.29. The molecule has 2 aromatic rings. The Morgan fingerprint density at radius 1 is 1.38 bits per heavy atom. The number of rotatable bonds is 5. The summed E-state index contributed by atoms with van der Waals surface area (Å²) >= 11 is 1.51. The van der Waals surface area contributed by atoms with Crippen molar-refractivity contribution >= 4 is 17.2 Å². The van der Waals surface area contributed by atoms with E-state index in [1.54, 1.807) is 29.8 Å². The monoisotopic (exact) mass is 351 g/mol. The van der Waals surface area contributed by atoms with Crippen LogP contribution in [0.2, 0.25) is 0 Å².